The van der Waals surface area contributed by atoms with Gasteiger partial charge in [-0.25, -0.2) is 4.98 Å². The number of methoxy groups -OCH3 is 1. The zero-order valence-corrected chi connectivity index (χ0v) is 17.7. The lowest BCUT2D eigenvalue weighted by atomic mass is 10.1. The van der Waals surface area contributed by atoms with Gasteiger partial charge in [-0.2, -0.15) is 0 Å². The molecule has 0 aliphatic carbocycles. The number of hydrogen-bond donors (Lipinski definition) is 2. The second kappa shape index (κ2) is 11.2. The number of hydrogen-bond acceptors (Lipinski definition) is 4. The van der Waals surface area contributed by atoms with E-state index in [4.69, 9.17) is 4.74 Å². The summed E-state index contributed by atoms with van der Waals surface area (Å²) in [6, 6.07) is 10.4. The maximum atomic E-state index is 5.45. The molecule has 1 aromatic carbocycles. The van der Waals surface area contributed by atoms with Crippen molar-refractivity contribution in [2.24, 2.45) is 4.99 Å². The standard InChI is InChI=1S/C22H33N5O/c1-6-27(7-2)21-11-9-18(15-25-21)16-26-22(23-4)24-13-12-19-14-17(3)8-10-20(19)28-5/h8-11,14-15H,6-7,12-13,16H2,1-5H3,(H2,23,24,26). The number of anilines is 1. The molecular weight excluding hydrogens is 350 g/mol. The predicted molar refractivity (Wildman–Crippen MR) is 117 cm³/mol. The second-order valence-corrected chi connectivity index (χ2v) is 6.61. The summed E-state index contributed by atoms with van der Waals surface area (Å²) >= 11 is 0. The van der Waals surface area contributed by atoms with E-state index in [1.807, 2.05) is 12.3 Å². The zero-order valence-electron chi connectivity index (χ0n) is 17.7. The number of aliphatic imine (C=N–C) groups is 1. The monoisotopic (exact) mass is 383 g/mol. The number of guanidine groups is 1. The number of rotatable bonds is 9. The number of ether oxygens (including phenoxy) is 1. The smallest absolute Gasteiger partial charge is 0.191 e. The van der Waals surface area contributed by atoms with Gasteiger partial charge in [0.15, 0.2) is 5.96 Å². The molecule has 0 radical (unpaired) electrons. The molecule has 152 valence electrons. The van der Waals surface area contributed by atoms with E-state index in [0.717, 1.165) is 49.1 Å². The van der Waals surface area contributed by atoms with Gasteiger partial charge in [-0.1, -0.05) is 23.8 Å². The van der Waals surface area contributed by atoms with Gasteiger partial charge in [-0.3, -0.25) is 4.99 Å². The van der Waals surface area contributed by atoms with Crippen molar-refractivity contribution in [3.05, 3.63) is 53.2 Å². The predicted octanol–water partition coefficient (Wildman–Crippen LogP) is 3.15. The van der Waals surface area contributed by atoms with Gasteiger partial charge in [0, 0.05) is 39.4 Å². The first kappa shape index (κ1) is 21.5. The summed E-state index contributed by atoms with van der Waals surface area (Å²) in [4.78, 5) is 11.1. The summed E-state index contributed by atoms with van der Waals surface area (Å²) < 4.78 is 5.45. The Morgan fingerprint density at radius 3 is 2.54 bits per heavy atom. The van der Waals surface area contributed by atoms with Crippen LogP contribution in [-0.4, -0.2) is 44.7 Å². The number of aromatic nitrogens is 1. The van der Waals surface area contributed by atoms with Gasteiger partial charge in [0.1, 0.15) is 11.6 Å². The molecule has 2 rings (SSSR count). The summed E-state index contributed by atoms with van der Waals surface area (Å²) in [5.74, 6) is 2.72. The van der Waals surface area contributed by atoms with Crippen molar-refractivity contribution >= 4 is 11.8 Å². The van der Waals surface area contributed by atoms with Gasteiger partial charge in [0.2, 0.25) is 0 Å². The van der Waals surface area contributed by atoms with Crippen LogP contribution in [0.15, 0.2) is 41.5 Å². The molecule has 0 spiro atoms. The van der Waals surface area contributed by atoms with E-state index < -0.39 is 0 Å². The van der Waals surface area contributed by atoms with Crippen LogP contribution in [0.4, 0.5) is 5.82 Å². The SMILES string of the molecule is CCN(CC)c1ccc(CNC(=NC)NCCc2cc(C)ccc2OC)cn1. The Hall–Kier alpha value is -2.76. The molecule has 0 unspecified atom stereocenters. The highest BCUT2D eigenvalue weighted by Crippen LogP contribution is 2.19. The highest BCUT2D eigenvalue weighted by Gasteiger charge is 2.06. The molecule has 2 N–H and O–H groups in total. The summed E-state index contributed by atoms with van der Waals surface area (Å²) in [5, 5.41) is 6.70. The summed E-state index contributed by atoms with van der Waals surface area (Å²) in [6.45, 7) is 9.76. The molecule has 0 bridgehead atoms. The molecule has 6 nitrogen and oxygen atoms in total. The van der Waals surface area contributed by atoms with E-state index in [-0.39, 0.29) is 0 Å². The molecule has 0 aliphatic heterocycles. The number of benzene rings is 1. The van der Waals surface area contributed by atoms with Crippen LogP contribution in [0.1, 0.15) is 30.5 Å². The fourth-order valence-corrected chi connectivity index (χ4v) is 3.08. The Bertz CT molecular complexity index is 754. The molecule has 0 atom stereocenters. The van der Waals surface area contributed by atoms with Crippen LogP contribution in [-0.2, 0) is 13.0 Å². The lowest BCUT2D eigenvalue weighted by Crippen LogP contribution is -2.37. The van der Waals surface area contributed by atoms with Crippen LogP contribution >= 0.6 is 0 Å². The first-order valence-electron chi connectivity index (χ1n) is 9.89. The van der Waals surface area contributed by atoms with Gasteiger partial charge >= 0.3 is 0 Å². The van der Waals surface area contributed by atoms with Crippen molar-refractivity contribution in [3.8, 4) is 5.75 Å². The van der Waals surface area contributed by atoms with Crippen molar-refractivity contribution in [2.45, 2.75) is 33.7 Å². The second-order valence-electron chi connectivity index (χ2n) is 6.61. The van der Waals surface area contributed by atoms with Gasteiger partial charge < -0.3 is 20.3 Å². The quantitative estimate of drug-likeness (QED) is 0.514. The van der Waals surface area contributed by atoms with Gasteiger partial charge in [-0.15, -0.1) is 0 Å². The van der Waals surface area contributed by atoms with Crippen molar-refractivity contribution in [1.82, 2.24) is 15.6 Å². The summed E-state index contributed by atoms with van der Waals surface area (Å²) in [7, 11) is 3.49. The molecule has 0 amide bonds. The Labute approximate surface area is 169 Å². The van der Waals surface area contributed by atoms with Crippen LogP contribution in [0.3, 0.4) is 0 Å². The lowest BCUT2D eigenvalue weighted by molar-refractivity contribution is 0.409. The third-order valence-corrected chi connectivity index (χ3v) is 4.70. The zero-order chi connectivity index (χ0) is 20.4. The third kappa shape index (κ3) is 6.15. The van der Waals surface area contributed by atoms with E-state index in [1.54, 1.807) is 14.2 Å². The fraction of sp³-hybridized carbons (Fsp3) is 0.455. The van der Waals surface area contributed by atoms with Crippen molar-refractivity contribution < 1.29 is 4.74 Å². The molecule has 0 saturated heterocycles. The first-order valence-corrected chi connectivity index (χ1v) is 9.89. The average Bonchev–Trinajstić information content (AvgIpc) is 2.72. The molecule has 28 heavy (non-hydrogen) atoms. The summed E-state index contributed by atoms with van der Waals surface area (Å²) in [6.07, 6.45) is 2.79. The molecule has 6 heteroatoms. The Morgan fingerprint density at radius 1 is 1.14 bits per heavy atom. The van der Waals surface area contributed by atoms with Crippen LogP contribution in [0, 0.1) is 6.92 Å². The number of pyridine rings is 1. The molecule has 0 saturated carbocycles. The van der Waals surface area contributed by atoms with Crippen LogP contribution in [0.2, 0.25) is 0 Å². The lowest BCUT2D eigenvalue weighted by Gasteiger charge is -2.19. The van der Waals surface area contributed by atoms with Crippen LogP contribution < -0.4 is 20.3 Å². The van der Waals surface area contributed by atoms with Crippen molar-refractivity contribution in [3.63, 3.8) is 0 Å². The summed E-state index contributed by atoms with van der Waals surface area (Å²) in [5.41, 5.74) is 3.56. The third-order valence-electron chi connectivity index (χ3n) is 4.70. The minimum absolute atomic E-state index is 0.680. The van der Waals surface area contributed by atoms with Gasteiger partial charge in [-0.05, 0) is 50.5 Å². The number of nitrogens with one attached hydrogen (secondary N) is 2. The maximum Gasteiger partial charge on any atom is 0.191 e. The largest absolute Gasteiger partial charge is 0.496 e. The Balaban J connectivity index is 1.84. The van der Waals surface area contributed by atoms with E-state index in [9.17, 15) is 0 Å². The van der Waals surface area contributed by atoms with Crippen LogP contribution in [0.25, 0.3) is 0 Å². The van der Waals surface area contributed by atoms with E-state index in [0.29, 0.717) is 6.54 Å². The minimum Gasteiger partial charge on any atom is -0.496 e. The van der Waals surface area contributed by atoms with E-state index >= 15 is 0 Å². The molecule has 2 aromatic rings. The Kier molecular flexibility index (Phi) is 8.59. The fourth-order valence-electron chi connectivity index (χ4n) is 3.08. The molecular formula is C22H33N5O. The van der Waals surface area contributed by atoms with E-state index in [2.05, 4.69) is 70.5 Å². The van der Waals surface area contributed by atoms with Gasteiger partial charge in [0.25, 0.3) is 0 Å². The number of nitrogens with zero attached hydrogens (tertiary/aromatic N) is 3. The van der Waals surface area contributed by atoms with Crippen molar-refractivity contribution in [2.75, 3.05) is 38.7 Å². The normalized spacial score (nSPS) is 11.2. The average molecular weight is 384 g/mol. The highest BCUT2D eigenvalue weighted by atomic mass is 16.5. The topological polar surface area (TPSA) is 61.8 Å². The first-order chi connectivity index (χ1) is 13.6. The molecule has 1 heterocycles. The molecule has 0 aliphatic rings. The highest BCUT2D eigenvalue weighted by molar-refractivity contribution is 5.79. The van der Waals surface area contributed by atoms with Crippen molar-refractivity contribution in [1.29, 1.82) is 0 Å². The van der Waals surface area contributed by atoms with Crippen LogP contribution in [0.5, 0.6) is 5.75 Å². The minimum atomic E-state index is 0.680. The molecule has 1 aromatic heterocycles. The molecule has 0 fully saturated rings. The Morgan fingerprint density at radius 2 is 1.93 bits per heavy atom. The van der Waals surface area contributed by atoms with E-state index in [1.165, 1.54) is 11.1 Å². The van der Waals surface area contributed by atoms with Gasteiger partial charge in [0.05, 0.1) is 7.11 Å². The maximum absolute atomic E-state index is 5.45. The number of aryl methyl sites for hydroxylation is 1.